The number of nitrogens with one attached hydrogen (secondary N) is 2. The fourth-order valence-electron chi connectivity index (χ4n) is 3.52. The molecule has 1 aliphatic heterocycles. The average molecular weight is 496 g/mol. The minimum absolute atomic E-state index is 0. The number of hydrogen-bond donors (Lipinski definition) is 2. The van der Waals surface area contributed by atoms with E-state index in [0.29, 0.717) is 18.0 Å². The highest BCUT2D eigenvalue weighted by Crippen LogP contribution is 2.18. The van der Waals surface area contributed by atoms with Crippen molar-refractivity contribution in [2.24, 2.45) is 10.9 Å². The Morgan fingerprint density at radius 2 is 2.00 bits per heavy atom. The zero-order chi connectivity index (χ0) is 19.2. The number of guanidine groups is 1. The topological polar surface area (TPSA) is 57.5 Å². The Balaban J connectivity index is 0.00000280. The lowest BCUT2D eigenvalue weighted by molar-refractivity contribution is 0.265. The summed E-state index contributed by atoms with van der Waals surface area (Å²) < 4.78 is 1.92. The largest absolute Gasteiger partial charge is 0.356 e. The molecule has 0 amide bonds. The molecule has 6 nitrogen and oxygen atoms in total. The molecule has 2 aromatic rings. The van der Waals surface area contributed by atoms with Gasteiger partial charge in [0.15, 0.2) is 5.96 Å². The maximum atomic E-state index is 4.46. The van der Waals surface area contributed by atoms with Crippen LogP contribution in [0.15, 0.2) is 47.7 Å². The monoisotopic (exact) mass is 496 g/mol. The van der Waals surface area contributed by atoms with E-state index in [1.54, 1.807) is 0 Å². The van der Waals surface area contributed by atoms with E-state index in [-0.39, 0.29) is 24.0 Å². The second-order valence-electron chi connectivity index (χ2n) is 7.65. The summed E-state index contributed by atoms with van der Waals surface area (Å²) in [6.07, 6.45) is 4.93. The average Bonchev–Trinajstić information content (AvgIpc) is 3.29. The predicted molar refractivity (Wildman–Crippen MR) is 127 cm³/mol. The van der Waals surface area contributed by atoms with Gasteiger partial charge in [-0.05, 0) is 43.9 Å². The van der Waals surface area contributed by atoms with Gasteiger partial charge >= 0.3 is 0 Å². The molecule has 2 heterocycles. The molecule has 154 valence electrons. The molecule has 2 unspecified atom stereocenters. The highest BCUT2D eigenvalue weighted by Gasteiger charge is 2.31. The van der Waals surface area contributed by atoms with Crippen molar-refractivity contribution in [2.45, 2.75) is 39.3 Å². The number of halogens is 1. The molecule has 2 N–H and O–H groups in total. The smallest absolute Gasteiger partial charge is 0.191 e. The van der Waals surface area contributed by atoms with Crippen LogP contribution in [0, 0.1) is 5.92 Å². The lowest BCUT2D eigenvalue weighted by atomic mass is 10.1. The maximum absolute atomic E-state index is 4.46. The standard InChI is InChI=1S/C21H32N6.HI/c1-16(2)26-13-17(3)20(15-26)25-21(22-4)23-11-10-18-12-24-27(14-18)19-8-6-5-7-9-19;/h5-9,12,14,16-17,20H,10-11,13,15H2,1-4H3,(H2,22,23,25);1H. The van der Waals surface area contributed by atoms with Crippen LogP contribution in [0.25, 0.3) is 5.69 Å². The Kier molecular flexibility index (Phi) is 8.75. The van der Waals surface area contributed by atoms with Gasteiger partial charge in [0, 0.05) is 45.0 Å². The van der Waals surface area contributed by atoms with Gasteiger partial charge in [0.1, 0.15) is 0 Å². The van der Waals surface area contributed by atoms with Crippen molar-refractivity contribution in [3.63, 3.8) is 0 Å². The number of nitrogens with zero attached hydrogens (tertiary/aromatic N) is 4. The lowest BCUT2D eigenvalue weighted by Gasteiger charge is -2.21. The van der Waals surface area contributed by atoms with Gasteiger partial charge in [-0.25, -0.2) is 4.68 Å². The molecule has 1 saturated heterocycles. The van der Waals surface area contributed by atoms with Crippen LogP contribution >= 0.6 is 24.0 Å². The predicted octanol–water partition coefficient (Wildman–Crippen LogP) is 2.93. The van der Waals surface area contributed by atoms with Crippen LogP contribution in [0.5, 0.6) is 0 Å². The van der Waals surface area contributed by atoms with E-state index in [9.17, 15) is 0 Å². The van der Waals surface area contributed by atoms with E-state index in [1.165, 1.54) is 5.56 Å². The van der Waals surface area contributed by atoms with Gasteiger partial charge in [-0.3, -0.25) is 9.89 Å². The molecule has 0 aliphatic carbocycles. The second kappa shape index (κ2) is 10.8. The number of aromatic nitrogens is 2. The summed E-state index contributed by atoms with van der Waals surface area (Å²) in [7, 11) is 1.84. The molecular formula is C21H33IN6. The molecule has 2 atom stereocenters. The molecule has 0 bridgehead atoms. The first-order valence-corrected chi connectivity index (χ1v) is 9.87. The zero-order valence-corrected chi connectivity index (χ0v) is 19.6. The molecular weight excluding hydrogens is 463 g/mol. The van der Waals surface area contributed by atoms with Crippen molar-refractivity contribution in [1.82, 2.24) is 25.3 Å². The first-order chi connectivity index (χ1) is 13.1. The molecule has 1 aromatic heterocycles. The summed E-state index contributed by atoms with van der Waals surface area (Å²) in [5.41, 5.74) is 2.29. The third kappa shape index (κ3) is 5.94. The van der Waals surface area contributed by atoms with Crippen LogP contribution in [-0.2, 0) is 6.42 Å². The van der Waals surface area contributed by atoms with Crippen molar-refractivity contribution in [2.75, 3.05) is 26.7 Å². The van der Waals surface area contributed by atoms with Gasteiger partial charge < -0.3 is 10.6 Å². The van der Waals surface area contributed by atoms with E-state index < -0.39 is 0 Å². The van der Waals surface area contributed by atoms with Crippen molar-refractivity contribution in [1.29, 1.82) is 0 Å². The lowest BCUT2D eigenvalue weighted by Crippen LogP contribution is -2.47. The van der Waals surface area contributed by atoms with E-state index >= 15 is 0 Å². The third-order valence-electron chi connectivity index (χ3n) is 5.28. The molecule has 0 radical (unpaired) electrons. The van der Waals surface area contributed by atoms with E-state index in [2.05, 4.69) is 64.7 Å². The van der Waals surface area contributed by atoms with Gasteiger partial charge in [0.05, 0.1) is 11.9 Å². The van der Waals surface area contributed by atoms with E-state index in [4.69, 9.17) is 0 Å². The Hall–Kier alpha value is -1.61. The van der Waals surface area contributed by atoms with Crippen LogP contribution in [0.1, 0.15) is 26.3 Å². The first kappa shape index (κ1) is 22.7. The number of benzene rings is 1. The Bertz CT molecular complexity index is 742. The molecule has 3 rings (SSSR count). The van der Waals surface area contributed by atoms with Crippen molar-refractivity contribution >= 4 is 29.9 Å². The van der Waals surface area contributed by atoms with Crippen LogP contribution in [0.3, 0.4) is 0 Å². The Morgan fingerprint density at radius 1 is 1.25 bits per heavy atom. The van der Waals surface area contributed by atoms with Crippen molar-refractivity contribution < 1.29 is 0 Å². The molecule has 28 heavy (non-hydrogen) atoms. The van der Waals surface area contributed by atoms with E-state index in [0.717, 1.165) is 37.7 Å². The quantitative estimate of drug-likeness (QED) is 0.367. The molecule has 0 saturated carbocycles. The fraction of sp³-hybridized carbons (Fsp3) is 0.524. The van der Waals surface area contributed by atoms with Crippen LogP contribution in [0.2, 0.25) is 0 Å². The van der Waals surface area contributed by atoms with E-state index in [1.807, 2.05) is 36.1 Å². The Morgan fingerprint density at radius 3 is 2.64 bits per heavy atom. The third-order valence-corrected chi connectivity index (χ3v) is 5.28. The zero-order valence-electron chi connectivity index (χ0n) is 17.3. The summed E-state index contributed by atoms with van der Waals surface area (Å²) in [6.45, 7) is 9.88. The molecule has 1 aliphatic rings. The van der Waals surface area contributed by atoms with Crippen LogP contribution < -0.4 is 10.6 Å². The van der Waals surface area contributed by atoms with Gasteiger partial charge in [-0.1, -0.05) is 25.1 Å². The number of rotatable bonds is 6. The second-order valence-corrected chi connectivity index (χ2v) is 7.65. The van der Waals surface area contributed by atoms with Crippen LogP contribution in [0.4, 0.5) is 0 Å². The van der Waals surface area contributed by atoms with Crippen molar-refractivity contribution in [3.8, 4) is 5.69 Å². The van der Waals surface area contributed by atoms with Crippen molar-refractivity contribution in [3.05, 3.63) is 48.3 Å². The summed E-state index contributed by atoms with van der Waals surface area (Å²) in [5, 5.41) is 11.5. The molecule has 1 fully saturated rings. The number of hydrogen-bond acceptors (Lipinski definition) is 3. The van der Waals surface area contributed by atoms with Gasteiger partial charge in [-0.15, -0.1) is 24.0 Å². The summed E-state index contributed by atoms with van der Waals surface area (Å²) in [4.78, 5) is 6.92. The number of likely N-dealkylation sites (tertiary alicyclic amines) is 1. The molecule has 1 aromatic carbocycles. The summed E-state index contributed by atoms with van der Waals surface area (Å²) in [6, 6.07) is 11.2. The van der Waals surface area contributed by atoms with Gasteiger partial charge in [0.25, 0.3) is 0 Å². The normalized spacial score (nSPS) is 20.2. The maximum Gasteiger partial charge on any atom is 0.191 e. The number of aliphatic imine (C=N–C) groups is 1. The Labute approximate surface area is 185 Å². The van der Waals surface area contributed by atoms with Gasteiger partial charge in [-0.2, -0.15) is 5.10 Å². The van der Waals surface area contributed by atoms with Crippen LogP contribution in [-0.4, -0.2) is 59.4 Å². The summed E-state index contributed by atoms with van der Waals surface area (Å²) in [5.74, 6) is 1.50. The fourth-order valence-corrected chi connectivity index (χ4v) is 3.52. The first-order valence-electron chi connectivity index (χ1n) is 9.87. The molecule has 7 heteroatoms. The minimum atomic E-state index is 0. The minimum Gasteiger partial charge on any atom is -0.356 e. The SMILES string of the molecule is CN=C(NCCc1cnn(-c2ccccc2)c1)NC1CN(C(C)C)CC1C.I. The highest BCUT2D eigenvalue weighted by molar-refractivity contribution is 14.0. The number of para-hydroxylation sites is 1. The van der Waals surface area contributed by atoms with Gasteiger partial charge in [0.2, 0.25) is 0 Å². The molecule has 0 spiro atoms. The highest BCUT2D eigenvalue weighted by atomic mass is 127. The summed E-state index contributed by atoms with van der Waals surface area (Å²) >= 11 is 0.